The molecule has 0 radical (unpaired) electrons. The molecule has 8 nitrogen and oxygen atoms in total. The van der Waals surface area contributed by atoms with E-state index in [1.54, 1.807) is 18.2 Å². The van der Waals surface area contributed by atoms with Gasteiger partial charge in [0.1, 0.15) is 6.33 Å². The number of amides is 1. The minimum absolute atomic E-state index is 0.0647. The van der Waals surface area contributed by atoms with Gasteiger partial charge in [-0.2, -0.15) is 10.1 Å². The van der Waals surface area contributed by atoms with E-state index in [0.29, 0.717) is 33.8 Å². The van der Waals surface area contributed by atoms with Gasteiger partial charge in [-0.05, 0) is 30.4 Å². The van der Waals surface area contributed by atoms with Gasteiger partial charge in [-0.3, -0.25) is 9.59 Å². The zero-order valence-electron chi connectivity index (χ0n) is 15.8. The van der Waals surface area contributed by atoms with Crippen molar-refractivity contribution in [2.24, 2.45) is 11.8 Å². The first-order valence-corrected chi connectivity index (χ1v) is 10.3. The van der Waals surface area contributed by atoms with Gasteiger partial charge in [-0.15, -0.1) is 0 Å². The Morgan fingerprint density at radius 1 is 1.25 bits per heavy atom. The number of carbonyl (C=O) groups is 1. The SMILES string of the molecule is C[C@@H]1C[C@H](C)CN(C(=O)CSc2nc3ccccc3c(=O)n2-c2ncn[nH]2)C1. The average Bonchev–Trinajstić information content (AvgIpc) is 3.19. The van der Waals surface area contributed by atoms with Crippen LogP contribution in [0.4, 0.5) is 0 Å². The van der Waals surface area contributed by atoms with Crippen molar-refractivity contribution < 1.29 is 4.79 Å². The Balaban J connectivity index is 1.64. The number of aromatic amines is 1. The van der Waals surface area contributed by atoms with E-state index in [1.165, 1.54) is 22.7 Å². The molecule has 2 atom stereocenters. The lowest BCUT2D eigenvalue weighted by Gasteiger charge is -2.35. The highest BCUT2D eigenvalue weighted by Crippen LogP contribution is 2.24. The summed E-state index contributed by atoms with van der Waals surface area (Å²) in [5, 5.41) is 7.47. The maximum atomic E-state index is 13.0. The number of hydrogen-bond acceptors (Lipinski definition) is 6. The minimum atomic E-state index is -0.238. The van der Waals surface area contributed by atoms with Crippen LogP contribution in [0.2, 0.25) is 0 Å². The second-order valence-corrected chi connectivity index (χ2v) is 8.34. The van der Waals surface area contributed by atoms with E-state index in [9.17, 15) is 9.59 Å². The summed E-state index contributed by atoms with van der Waals surface area (Å²) in [4.78, 5) is 36.4. The number of benzene rings is 1. The van der Waals surface area contributed by atoms with Crippen molar-refractivity contribution >= 4 is 28.6 Å². The summed E-state index contributed by atoms with van der Waals surface area (Å²) in [7, 11) is 0. The van der Waals surface area contributed by atoms with Crippen LogP contribution in [0.15, 0.2) is 40.5 Å². The lowest BCUT2D eigenvalue weighted by molar-refractivity contribution is -0.130. The molecule has 1 aromatic carbocycles. The van der Waals surface area contributed by atoms with E-state index in [0.717, 1.165) is 19.5 Å². The molecule has 28 heavy (non-hydrogen) atoms. The van der Waals surface area contributed by atoms with Crippen LogP contribution >= 0.6 is 11.8 Å². The fraction of sp³-hybridized carbons (Fsp3) is 0.421. The standard InChI is InChI=1S/C19H22N6O2S/c1-12-7-13(2)9-24(8-12)16(26)10-28-19-22-15-6-4-3-5-14(15)17(27)25(19)18-20-11-21-23-18/h3-6,11-13H,7-10H2,1-2H3,(H,20,21,23)/t12-,13+. The van der Waals surface area contributed by atoms with Crippen LogP contribution in [0, 0.1) is 11.8 Å². The summed E-state index contributed by atoms with van der Waals surface area (Å²) in [6.45, 7) is 5.92. The van der Waals surface area contributed by atoms with Crippen molar-refractivity contribution in [1.82, 2.24) is 29.6 Å². The monoisotopic (exact) mass is 398 g/mol. The predicted molar refractivity (Wildman–Crippen MR) is 108 cm³/mol. The number of nitrogens with zero attached hydrogens (tertiary/aromatic N) is 5. The molecule has 0 bridgehead atoms. The summed E-state index contributed by atoms with van der Waals surface area (Å²) in [6, 6.07) is 7.16. The fourth-order valence-corrected chi connectivity index (χ4v) is 4.68. The number of likely N-dealkylation sites (tertiary alicyclic amines) is 1. The predicted octanol–water partition coefficient (Wildman–Crippen LogP) is 2.10. The maximum Gasteiger partial charge on any atom is 0.269 e. The summed E-state index contributed by atoms with van der Waals surface area (Å²) in [5.74, 6) is 1.58. The molecule has 1 saturated heterocycles. The van der Waals surface area contributed by atoms with Crippen LogP contribution in [-0.2, 0) is 4.79 Å². The van der Waals surface area contributed by atoms with E-state index in [4.69, 9.17) is 0 Å². The van der Waals surface area contributed by atoms with Gasteiger partial charge in [-0.25, -0.2) is 14.6 Å². The van der Waals surface area contributed by atoms with Gasteiger partial charge in [0.25, 0.3) is 5.56 Å². The summed E-state index contributed by atoms with van der Waals surface area (Å²) < 4.78 is 1.38. The molecule has 2 aromatic heterocycles. The molecule has 1 aliphatic heterocycles. The number of nitrogens with one attached hydrogen (secondary N) is 1. The first kappa shape index (κ1) is 18.7. The van der Waals surface area contributed by atoms with E-state index in [-0.39, 0.29) is 17.2 Å². The van der Waals surface area contributed by atoms with E-state index < -0.39 is 0 Å². The third-order valence-electron chi connectivity index (χ3n) is 4.91. The van der Waals surface area contributed by atoms with Gasteiger partial charge in [0, 0.05) is 13.1 Å². The molecule has 1 aliphatic rings. The molecule has 9 heteroatoms. The number of hydrogen-bond donors (Lipinski definition) is 1. The quantitative estimate of drug-likeness (QED) is 0.534. The molecule has 3 aromatic rings. The lowest BCUT2D eigenvalue weighted by atomic mass is 9.92. The topological polar surface area (TPSA) is 96.8 Å². The third kappa shape index (κ3) is 3.66. The van der Waals surface area contributed by atoms with Gasteiger partial charge in [0.15, 0.2) is 5.16 Å². The van der Waals surface area contributed by atoms with E-state index in [1.807, 2.05) is 11.0 Å². The molecule has 4 rings (SSSR count). The van der Waals surface area contributed by atoms with Gasteiger partial charge in [0.05, 0.1) is 16.7 Å². The van der Waals surface area contributed by atoms with Crippen molar-refractivity contribution in [1.29, 1.82) is 0 Å². The normalized spacial score (nSPS) is 19.9. The second-order valence-electron chi connectivity index (χ2n) is 7.39. The Kier molecular flexibility index (Phi) is 5.17. The highest BCUT2D eigenvalue weighted by atomic mass is 32.2. The van der Waals surface area contributed by atoms with Gasteiger partial charge >= 0.3 is 0 Å². The first-order chi connectivity index (χ1) is 13.5. The van der Waals surface area contributed by atoms with Crippen molar-refractivity contribution in [3.63, 3.8) is 0 Å². The second kappa shape index (κ2) is 7.75. The van der Waals surface area contributed by atoms with E-state index in [2.05, 4.69) is 34.0 Å². The number of H-pyrrole nitrogens is 1. The molecular formula is C19H22N6O2S. The highest BCUT2D eigenvalue weighted by Gasteiger charge is 2.26. The average molecular weight is 398 g/mol. The van der Waals surface area contributed by atoms with Gasteiger partial charge in [0.2, 0.25) is 11.9 Å². The number of thioether (sulfide) groups is 1. The minimum Gasteiger partial charge on any atom is -0.341 e. The Hall–Kier alpha value is -2.68. The van der Waals surface area contributed by atoms with Crippen LogP contribution in [0.5, 0.6) is 0 Å². The Bertz CT molecular complexity index is 1040. The highest BCUT2D eigenvalue weighted by molar-refractivity contribution is 7.99. The number of piperidine rings is 1. The Labute approximate surface area is 166 Å². The molecule has 1 N–H and O–H groups in total. The van der Waals surface area contributed by atoms with E-state index >= 15 is 0 Å². The zero-order chi connectivity index (χ0) is 19.7. The first-order valence-electron chi connectivity index (χ1n) is 9.31. The molecule has 1 fully saturated rings. The molecular weight excluding hydrogens is 376 g/mol. The summed E-state index contributed by atoms with van der Waals surface area (Å²) >= 11 is 1.25. The molecule has 1 amide bonds. The van der Waals surface area contributed by atoms with Crippen LogP contribution in [0.3, 0.4) is 0 Å². The molecule has 0 saturated carbocycles. The molecule has 146 valence electrons. The van der Waals surface area contributed by atoms with Crippen LogP contribution in [-0.4, -0.2) is 54.4 Å². The molecule has 3 heterocycles. The largest absolute Gasteiger partial charge is 0.341 e. The van der Waals surface area contributed by atoms with Crippen LogP contribution in [0.25, 0.3) is 16.9 Å². The van der Waals surface area contributed by atoms with Crippen molar-refractivity contribution in [3.8, 4) is 5.95 Å². The number of rotatable bonds is 4. The van der Waals surface area contributed by atoms with Gasteiger partial charge in [-0.1, -0.05) is 37.7 Å². The number of fused-ring (bicyclic) bond motifs is 1. The lowest BCUT2D eigenvalue weighted by Crippen LogP contribution is -2.43. The van der Waals surface area contributed by atoms with Gasteiger partial charge < -0.3 is 4.90 Å². The molecule has 0 aliphatic carbocycles. The zero-order valence-corrected chi connectivity index (χ0v) is 16.6. The number of para-hydroxylation sites is 1. The van der Waals surface area contributed by atoms with Crippen LogP contribution < -0.4 is 5.56 Å². The Morgan fingerprint density at radius 3 is 2.71 bits per heavy atom. The number of aromatic nitrogens is 5. The molecule has 0 spiro atoms. The van der Waals surface area contributed by atoms with Crippen molar-refractivity contribution in [2.75, 3.05) is 18.8 Å². The van der Waals surface area contributed by atoms with Crippen molar-refractivity contribution in [2.45, 2.75) is 25.4 Å². The fourth-order valence-electron chi connectivity index (χ4n) is 3.79. The smallest absolute Gasteiger partial charge is 0.269 e. The number of carbonyl (C=O) groups excluding carboxylic acids is 1. The Morgan fingerprint density at radius 2 is 2.00 bits per heavy atom. The van der Waals surface area contributed by atoms with Crippen molar-refractivity contribution in [3.05, 3.63) is 40.9 Å². The summed E-state index contributed by atoms with van der Waals surface area (Å²) in [6.07, 6.45) is 2.49. The summed E-state index contributed by atoms with van der Waals surface area (Å²) in [5.41, 5.74) is 0.357. The molecule has 0 unspecified atom stereocenters. The third-order valence-corrected chi connectivity index (χ3v) is 5.83. The van der Waals surface area contributed by atoms with Crippen LogP contribution in [0.1, 0.15) is 20.3 Å². The maximum absolute atomic E-state index is 13.0.